The van der Waals surface area contributed by atoms with Gasteiger partial charge < -0.3 is 11.1 Å². The van der Waals surface area contributed by atoms with Crippen LogP contribution in [0.3, 0.4) is 0 Å². The summed E-state index contributed by atoms with van der Waals surface area (Å²) in [5, 5.41) is 8.02. The predicted molar refractivity (Wildman–Crippen MR) is 69.9 cm³/mol. The van der Waals surface area contributed by atoms with Gasteiger partial charge in [-0.15, -0.1) is 11.6 Å². The fourth-order valence-electron chi connectivity index (χ4n) is 1.34. The van der Waals surface area contributed by atoms with Crippen LogP contribution in [0.5, 0.6) is 0 Å². The number of anilines is 1. The van der Waals surface area contributed by atoms with E-state index in [-0.39, 0.29) is 5.92 Å². The van der Waals surface area contributed by atoms with Crippen LogP contribution in [0, 0.1) is 11.3 Å². The van der Waals surface area contributed by atoms with Crippen LogP contribution in [0.4, 0.5) is 5.69 Å². The molecule has 0 aromatic heterocycles. The van der Waals surface area contributed by atoms with Crippen LogP contribution in [-0.4, -0.2) is 11.6 Å². The van der Waals surface area contributed by atoms with Crippen molar-refractivity contribution in [2.75, 3.05) is 11.6 Å². The van der Waals surface area contributed by atoms with E-state index in [4.69, 9.17) is 22.7 Å². The van der Waals surface area contributed by atoms with Gasteiger partial charge in [-0.3, -0.25) is 0 Å². The third-order valence-electron chi connectivity index (χ3n) is 2.34. The highest BCUT2D eigenvalue weighted by Crippen LogP contribution is 2.22. The third kappa shape index (κ3) is 3.21. The van der Waals surface area contributed by atoms with Crippen molar-refractivity contribution in [1.82, 2.24) is 0 Å². The van der Waals surface area contributed by atoms with Gasteiger partial charge >= 0.3 is 0 Å². The second-order valence-electron chi connectivity index (χ2n) is 3.52. The molecule has 0 fully saturated rings. The zero-order valence-corrected chi connectivity index (χ0v) is 10.9. The van der Waals surface area contributed by atoms with E-state index in [1.54, 1.807) is 6.07 Å². The Kier molecular flexibility index (Phi) is 4.61. The Morgan fingerprint density at radius 3 is 2.87 bits per heavy atom. The molecule has 3 N–H and O–H groups in total. The zero-order valence-electron chi connectivity index (χ0n) is 8.56. The van der Waals surface area contributed by atoms with Crippen molar-refractivity contribution in [2.45, 2.75) is 13.3 Å². The van der Waals surface area contributed by atoms with Crippen molar-refractivity contribution < 1.29 is 0 Å². The van der Waals surface area contributed by atoms with Gasteiger partial charge in [0, 0.05) is 27.3 Å². The Morgan fingerprint density at radius 2 is 2.27 bits per heavy atom. The SMILES string of the molecule is CC(CCCl)C(=N)c1cc(Br)ccc1N. The van der Waals surface area contributed by atoms with Crippen LogP contribution in [0.2, 0.25) is 0 Å². The number of nitrogen functional groups attached to an aromatic ring is 1. The molecule has 0 spiro atoms. The van der Waals surface area contributed by atoms with E-state index in [0.29, 0.717) is 17.3 Å². The lowest BCUT2D eigenvalue weighted by Crippen LogP contribution is -2.14. The van der Waals surface area contributed by atoms with Gasteiger partial charge in [-0.2, -0.15) is 0 Å². The van der Waals surface area contributed by atoms with Gasteiger partial charge in [-0.25, -0.2) is 0 Å². The van der Waals surface area contributed by atoms with E-state index in [1.807, 2.05) is 19.1 Å². The minimum absolute atomic E-state index is 0.138. The van der Waals surface area contributed by atoms with Gasteiger partial charge in [-0.05, 0) is 30.5 Å². The number of hydrogen-bond acceptors (Lipinski definition) is 2. The van der Waals surface area contributed by atoms with Crippen molar-refractivity contribution in [3.63, 3.8) is 0 Å². The first kappa shape index (κ1) is 12.5. The number of benzene rings is 1. The van der Waals surface area contributed by atoms with E-state index in [0.717, 1.165) is 16.5 Å². The number of nitrogens with two attached hydrogens (primary N) is 1. The number of hydrogen-bond donors (Lipinski definition) is 2. The third-order valence-corrected chi connectivity index (χ3v) is 3.05. The zero-order chi connectivity index (χ0) is 11.4. The molecule has 0 amide bonds. The van der Waals surface area contributed by atoms with Gasteiger partial charge in [0.1, 0.15) is 0 Å². The van der Waals surface area contributed by atoms with E-state index in [1.165, 1.54) is 0 Å². The monoisotopic (exact) mass is 288 g/mol. The van der Waals surface area contributed by atoms with Crippen LogP contribution in [-0.2, 0) is 0 Å². The molecule has 0 saturated heterocycles. The molecule has 1 atom stereocenters. The van der Waals surface area contributed by atoms with Crippen molar-refractivity contribution in [1.29, 1.82) is 5.41 Å². The maximum atomic E-state index is 8.02. The summed E-state index contributed by atoms with van der Waals surface area (Å²) in [7, 11) is 0. The van der Waals surface area contributed by atoms with Crippen LogP contribution < -0.4 is 5.73 Å². The Balaban J connectivity index is 2.95. The number of nitrogens with one attached hydrogen (secondary N) is 1. The van der Waals surface area contributed by atoms with Crippen molar-refractivity contribution in [2.24, 2.45) is 5.92 Å². The summed E-state index contributed by atoms with van der Waals surface area (Å²) in [6.07, 6.45) is 0.798. The van der Waals surface area contributed by atoms with Crippen LogP contribution >= 0.6 is 27.5 Å². The first-order valence-corrected chi connectivity index (χ1v) is 6.08. The molecule has 0 aliphatic heterocycles. The first-order valence-electron chi connectivity index (χ1n) is 4.76. The van der Waals surface area contributed by atoms with Gasteiger partial charge in [-0.1, -0.05) is 22.9 Å². The predicted octanol–water partition coefficient (Wildman–Crippen LogP) is 3.66. The summed E-state index contributed by atoms with van der Waals surface area (Å²) in [6.45, 7) is 1.99. The topological polar surface area (TPSA) is 49.9 Å². The van der Waals surface area contributed by atoms with E-state index in [9.17, 15) is 0 Å². The van der Waals surface area contributed by atoms with Crippen LogP contribution in [0.25, 0.3) is 0 Å². The molecule has 2 nitrogen and oxygen atoms in total. The summed E-state index contributed by atoms with van der Waals surface area (Å²) >= 11 is 9.04. The van der Waals surface area contributed by atoms with Crippen molar-refractivity contribution >= 4 is 38.9 Å². The number of alkyl halides is 1. The number of rotatable bonds is 4. The average molecular weight is 290 g/mol. The summed E-state index contributed by atoms with van der Waals surface area (Å²) in [6, 6.07) is 5.56. The summed E-state index contributed by atoms with van der Waals surface area (Å²) in [5.41, 5.74) is 7.82. The molecule has 1 unspecified atom stereocenters. The Bertz CT molecular complexity index is 366. The standard InChI is InChI=1S/C11H14BrClN2/c1-7(4-5-13)11(15)9-6-8(12)2-3-10(9)14/h2-3,6-7,15H,4-5,14H2,1H3. The van der Waals surface area contributed by atoms with Gasteiger partial charge in [0.15, 0.2) is 0 Å². The van der Waals surface area contributed by atoms with E-state index >= 15 is 0 Å². The lowest BCUT2D eigenvalue weighted by molar-refractivity contribution is 0.741. The molecule has 0 saturated carbocycles. The molecule has 0 aliphatic carbocycles. The van der Waals surface area contributed by atoms with E-state index in [2.05, 4.69) is 15.9 Å². The molecule has 4 heteroatoms. The molecule has 0 bridgehead atoms. The molecular formula is C11H14BrClN2. The number of halogens is 2. The normalized spacial score (nSPS) is 12.5. The minimum atomic E-state index is 0.138. The quantitative estimate of drug-likeness (QED) is 0.496. The lowest BCUT2D eigenvalue weighted by Gasteiger charge is -2.13. The fraction of sp³-hybridized carbons (Fsp3) is 0.364. The smallest absolute Gasteiger partial charge is 0.0435 e. The van der Waals surface area contributed by atoms with E-state index < -0.39 is 0 Å². The summed E-state index contributed by atoms with van der Waals surface area (Å²) < 4.78 is 0.939. The second kappa shape index (κ2) is 5.52. The lowest BCUT2D eigenvalue weighted by atomic mass is 9.95. The summed E-state index contributed by atoms with van der Waals surface area (Å²) in [5.74, 6) is 0.705. The second-order valence-corrected chi connectivity index (χ2v) is 4.82. The first-order chi connectivity index (χ1) is 7.06. The molecule has 0 radical (unpaired) electrons. The molecule has 1 aromatic carbocycles. The maximum absolute atomic E-state index is 8.02. The Hall–Kier alpha value is -0.540. The Morgan fingerprint density at radius 1 is 1.60 bits per heavy atom. The molecule has 0 aliphatic rings. The molecule has 1 aromatic rings. The molecule has 1 rings (SSSR count). The van der Waals surface area contributed by atoms with Gasteiger partial charge in [0.25, 0.3) is 0 Å². The Labute approximate surface area is 103 Å². The highest BCUT2D eigenvalue weighted by atomic mass is 79.9. The van der Waals surface area contributed by atoms with Crippen molar-refractivity contribution in [3.8, 4) is 0 Å². The highest BCUT2D eigenvalue weighted by Gasteiger charge is 2.13. The largest absolute Gasteiger partial charge is 0.398 e. The molecular weight excluding hydrogens is 275 g/mol. The molecule has 82 valence electrons. The van der Waals surface area contributed by atoms with Crippen LogP contribution in [0.1, 0.15) is 18.9 Å². The van der Waals surface area contributed by atoms with Gasteiger partial charge in [0.05, 0.1) is 0 Å². The van der Waals surface area contributed by atoms with Crippen LogP contribution in [0.15, 0.2) is 22.7 Å². The molecule has 15 heavy (non-hydrogen) atoms. The maximum Gasteiger partial charge on any atom is 0.0435 e. The summed E-state index contributed by atoms with van der Waals surface area (Å²) in [4.78, 5) is 0. The van der Waals surface area contributed by atoms with Crippen molar-refractivity contribution in [3.05, 3.63) is 28.2 Å². The highest BCUT2D eigenvalue weighted by molar-refractivity contribution is 9.10. The molecule has 0 heterocycles. The fourth-order valence-corrected chi connectivity index (χ4v) is 2.02. The van der Waals surface area contributed by atoms with Gasteiger partial charge in [0.2, 0.25) is 0 Å². The average Bonchev–Trinajstić information content (AvgIpc) is 2.21. The minimum Gasteiger partial charge on any atom is -0.398 e.